The van der Waals surface area contributed by atoms with Crippen molar-refractivity contribution in [2.45, 2.75) is 46.1 Å². The summed E-state index contributed by atoms with van der Waals surface area (Å²) in [6.45, 7) is 7.86. The minimum Gasteiger partial charge on any atom is -0.342 e. The van der Waals surface area contributed by atoms with E-state index >= 15 is 0 Å². The van der Waals surface area contributed by atoms with Gasteiger partial charge in [0.15, 0.2) is 0 Å². The lowest BCUT2D eigenvalue weighted by Gasteiger charge is -2.36. The first-order valence-corrected chi connectivity index (χ1v) is 10.1. The Bertz CT molecular complexity index is 602. The lowest BCUT2D eigenvalue weighted by atomic mass is 9.93. The number of carbonyl (C=O) groups excluding carboxylic acids is 2. The van der Waals surface area contributed by atoms with Crippen LogP contribution in [0.1, 0.15) is 42.5 Å². The molecule has 1 aromatic heterocycles. The van der Waals surface area contributed by atoms with Crippen LogP contribution in [0.2, 0.25) is 0 Å². The molecule has 3 amide bonds. The first kappa shape index (κ1) is 18.2. The van der Waals surface area contributed by atoms with Crippen LogP contribution in [-0.4, -0.2) is 52.9 Å². The van der Waals surface area contributed by atoms with Crippen LogP contribution in [-0.2, 0) is 11.3 Å². The number of hydrogen-bond donors (Lipinski definition) is 1. The second-order valence-corrected chi connectivity index (χ2v) is 8.59. The highest BCUT2D eigenvalue weighted by molar-refractivity contribution is 7.11. The molecule has 0 atom stereocenters. The Hall–Kier alpha value is -1.63. The molecule has 0 spiro atoms. The number of thiazole rings is 1. The van der Waals surface area contributed by atoms with Gasteiger partial charge in [-0.1, -0.05) is 6.92 Å². The van der Waals surface area contributed by atoms with Crippen LogP contribution in [0.3, 0.4) is 0 Å². The zero-order valence-electron chi connectivity index (χ0n) is 15.2. The molecule has 0 aromatic carbocycles. The molecule has 2 aliphatic heterocycles. The molecule has 2 saturated heterocycles. The van der Waals surface area contributed by atoms with Crippen molar-refractivity contribution in [2.24, 2.45) is 11.8 Å². The lowest BCUT2D eigenvalue weighted by Crippen LogP contribution is -2.48. The number of aromatic nitrogens is 1. The summed E-state index contributed by atoms with van der Waals surface area (Å²) < 4.78 is 0. The average Bonchev–Trinajstić information content (AvgIpc) is 3.05. The Kier molecular flexibility index (Phi) is 5.93. The molecule has 25 heavy (non-hydrogen) atoms. The van der Waals surface area contributed by atoms with Crippen LogP contribution in [0.25, 0.3) is 0 Å². The van der Waals surface area contributed by atoms with Crippen molar-refractivity contribution in [3.8, 4) is 0 Å². The van der Waals surface area contributed by atoms with Gasteiger partial charge in [0.2, 0.25) is 5.91 Å². The van der Waals surface area contributed by atoms with E-state index in [1.165, 1.54) is 0 Å². The van der Waals surface area contributed by atoms with Gasteiger partial charge in [-0.25, -0.2) is 9.78 Å². The van der Waals surface area contributed by atoms with E-state index < -0.39 is 0 Å². The lowest BCUT2D eigenvalue weighted by molar-refractivity contribution is -0.138. The fourth-order valence-corrected chi connectivity index (χ4v) is 4.31. The van der Waals surface area contributed by atoms with Crippen LogP contribution in [0.15, 0.2) is 6.20 Å². The van der Waals surface area contributed by atoms with Crippen molar-refractivity contribution in [3.63, 3.8) is 0 Å². The third-order valence-corrected chi connectivity index (χ3v) is 6.22. The van der Waals surface area contributed by atoms with Gasteiger partial charge < -0.3 is 15.1 Å². The van der Waals surface area contributed by atoms with E-state index in [1.807, 2.05) is 22.9 Å². The number of urea groups is 1. The molecular weight excluding hydrogens is 336 g/mol. The summed E-state index contributed by atoms with van der Waals surface area (Å²) in [7, 11) is 0. The highest BCUT2D eigenvalue weighted by Gasteiger charge is 2.31. The van der Waals surface area contributed by atoms with Crippen molar-refractivity contribution in [1.29, 1.82) is 0 Å². The van der Waals surface area contributed by atoms with E-state index in [4.69, 9.17) is 0 Å². The van der Waals surface area contributed by atoms with Gasteiger partial charge in [0, 0.05) is 43.2 Å². The normalized spacial score (nSPS) is 19.9. The highest BCUT2D eigenvalue weighted by atomic mass is 32.1. The number of aryl methyl sites for hydroxylation is 1. The topological polar surface area (TPSA) is 65.5 Å². The van der Waals surface area contributed by atoms with E-state index in [9.17, 15) is 9.59 Å². The molecule has 3 rings (SSSR count). The van der Waals surface area contributed by atoms with Gasteiger partial charge in [-0.15, -0.1) is 11.3 Å². The molecule has 6 nitrogen and oxygen atoms in total. The molecule has 3 heterocycles. The number of rotatable bonds is 3. The van der Waals surface area contributed by atoms with Gasteiger partial charge in [-0.05, 0) is 38.5 Å². The summed E-state index contributed by atoms with van der Waals surface area (Å²) in [5.74, 6) is 1.12. The number of piperidine rings is 2. The van der Waals surface area contributed by atoms with Crippen LogP contribution < -0.4 is 5.32 Å². The van der Waals surface area contributed by atoms with Crippen molar-refractivity contribution in [3.05, 3.63) is 16.1 Å². The molecule has 138 valence electrons. The van der Waals surface area contributed by atoms with Crippen molar-refractivity contribution >= 4 is 23.3 Å². The SMILES string of the molecule is Cc1ncc(CNC(=O)N2CCC(C(=O)N3CCC(C)CC3)CC2)s1. The molecule has 1 aromatic rings. The third kappa shape index (κ3) is 4.71. The van der Waals surface area contributed by atoms with Gasteiger partial charge in [0.05, 0.1) is 11.6 Å². The maximum absolute atomic E-state index is 12.7. The largest absolute Gasteiger partial charge is 0.342 e. The summed E-state index contributed by atoms with van der Waals surface area (Å²) in [4.78, 5) is 34.1. The van der Waals surface area contributed by atoms with Gasteiger partial charge in [0.25, 0.3) is 0 Å². The summed E-state index contributed by atoms with van der Waals surface area (Å²) in [6.07, 6.45) is 5.59. The van der Waals surface area contributed by atoms with E-state index in [1.54, 1.807) is 11.3 Å². The number of nitrogens with zero attached hydrogens (tertiary/aromatic N) is 3. The summed E-state index contributed by atoms with van der Waals surface area (Å²) in [5, 5.41) is 3.97. The van der Waals surface area contributed by atoms with Gasteiger partial charge >= 0.3 is 6.03 Å². The van der Waals surface area contributed by atoms with E-state index in [2.05, 4.69) is 17.2 Å². The number of nitrogens with one attached hydrogen (secondary N) is 1. The molecule has 0 radical (unpaired) electrons. The van der Waals surface area contributed by atoms with E-state index in [-0.39, 0.29) is 11.9 Å². The Morgan fingerprint density at radius 3 is 2.40 bits per heavy atom. The third-order valence-electron chi connectivity index (χ3n) is 5.31. The van der Waals surface area contributed by atoms with Gasteiger partial charge in [-0.3, -0.25) is 4.79 Å². The van der Waals surface area contributed by atoms with E-state index in [0.717, 1.165) is 54.6 Å². The van der Waals surface area contributed by atoms with Crippen molar-refractivity contribution < 1.29 is 9.59 Å². The Morgan fingerprint density at radius 1 is 1.16 bits per heavy atom. The maximum Gasteiger partial charge on any atom is 0.317 e. The minimum absolute atomic E-state index is 0.0382. The van der Waals surface area contributed by atoms with E-state index in [0.29, 0.717) is 25.5 Å². The first-order chi connectivity index (χ1) is 12.0. The molecule has 0 unspecified atom stereocenters. The summed E-state index contributed by atoms with van der Waals surface area (Å²) >= 11 is 1.60. The fraction of sp³-hybridized carbons (Fsp3) is 0.722. The van der Waals surface area contributed by atoms with Gasteiger partial charge in [-0.2, -0.15) is 0 Å². The summed E-state index contributed by atoms with van der Waals surface area (Å²) in [5.41, 5.74) is 0. The molecule has 7 heteroatoms. The predicted molar refractivity (Wildman–Crippen MR) is 98.4 cm³/mol. The zero-order chi connectivity index (χ0) is 17.8. The molecule has 2 fully saturated rings. The standard InChI is InChI=1S/C18H28N4O2S/c1-13-3-7-21(8-4-13)17(23)15-5-9-22(10-6-15)18(24)20-12-16-11-19-14(2)25-16/h11,13,15H,3-10,12H2,1-2H3,(H,20,24). The van der Waals surface area contributed by atoms with Crippen LogP contribution >= 0.6 is 11.3 Å². The van der Waals surface area contributed by atoms with Crippen LogP contribution in [0.4, 0.5) is 4.79 Å². The Balaban J connectivity index is 1.41. The molecular formula is C18H28N4O2S. The van der Waals surface area contributed by atoms with Crippen molar-refractivity contribution in [2.75, 3.05) is 26.2 Å². The smallest absolute Gasteiger partial charge is 0.317 e. The first-order valence-electron chi connectivity index (χ1n) is 9.26. The van der Waals surface area contributed by atoms with Gasteiger partial charge in [0.1, 0.15) is 0 Å². The Labute approximate surface area is 153 Å². The highest BCUT2D eigenvalue weighted by Crippen LogP contribution is 2.23. The molecule has 0 bridgehead atoms. The molecule has 0 aliphatic carbocycles. The molecule has 0 saturated carbocycles. The number of amides is 3. The number of likely N-dealkylation sites (tertiary alicyclic amines) is 2. The van der Waals surface area contributed by atoms with Crippen LogP contribution in [0, 0.1) is 18.8 Å². The number of carbonyl (C=O) groups is 2. The monoisotopic (exact) mass is 364 g/mol. The van der Waals surface area contributed by atoms with Crippen molar-refractivity contribution in [1.82, 2.24) is 20.1 Å². The predicted octanol–water partition coefficient (Wildman–Crippen LogP) is 2.63. The summed E-state index contributed by atoms with van der Waals surface area (Å²) in [6, 6.07) is -0.0382. The quantitative estimate of drug-likeness (QED) is 0.897. The Morgan fingerprint density at radius 2 is 1.80 bits per heavy atom. The fourth-order valence-electron chi connectivity index (χ4n) is 3.58. The maximum atomic E-state index is 12.7. The number of hydrogen-bond acceptors (Lipinski definition) is 4. The second kappa shape index (κ2) is 8.17. The molecule has 1 N–H and O–H groups in total. The van der Waals surface area contributed by atoms with Crippen LogP contribution in [0.5, 0.6) is 0 Å². The minimum atomic E-state index is -0.0382. The second-order valence-electron chi connectivity index (χ2n) is 7.27. The zero-order valence-corrected chi connectivity index (χ0v) is 16.0. The molecule has 2 aliphatic rings. The average molecular weight is 365 g/mol.